The monoisotopic (exact) mass is 588 g/mol. The van der Waals surface area contributed by atoms with Crippen LogP contribution >= 0.6 is 0 Å². The summed E-state index contributed by atoms with van der Waals surface area (Å²) in [5.74, 6) is -0.0730. The van der Waals surface area contributed by atoms with Gasteiger partial charge in [-0.05, 0) is 73.6 Å². The van der Waals surface area contributed by atoms with Crippen molar-refractivity contribution >= 4 is 27.4 Å². The number of phenolic OH excluding ortho intramolecular Hbond substituents is 1. The minimum Gasteiger partial charge on any atom is -0.508 e. The summed E-state index contributed by atoms with van der Waals surface area (Å²) in [6, 6.07) is 8.53. The van der Waals surface area contributed by atoms with E-state index < -0.39 is 5.82 Å². The van der Waals surface area contributed by atoms with Gasteiger partial charge in [0.1, 0.15) is 29.4 Å². The summed E-state index contributed by atoms with van der Waals surface area (Å²) in [5, 5.41) is 15.8. The van der Waals surface area contributed by atoms with Crippen LogP contribution in [-0.2, 0) is 6.42 Å². The second-order valence-electron chi connectivity index (χ2n) is 12.3. The molecule has 0 amide bonds. The fourth-order valence-electron chi connectivity index (χ4n) is 7.06. The van der Waals surface area contributed by atoms with Gasteiger partial charge in [0.15, 0.2) is 5.82 Å². The van der Waals surface area contributed by atoms with Gasteiger partial charge in [0.2, 0.25) is 11.8 Å². The smallest absolute Gasteiger partial charge is 0.225 e. The Morgan fingerprint density at radius 2 is 1.95 bits per heavy atom. The average molecular weight is 589 g/mol. The van der Waals surface area contributed by atoms with Gasteiger partial charge in [0, 0.05) is 36.7 Å². The van der Waals surface area contributed by atoms with E-state index in [9.17, 15) is 5.11 Å². The molecule has 5 heterocycles. The minimum absolute atomic E-state index is 0.0261. The SMILES string of the molecule is CCc1c(F)ccc2cc(O)cc(-c3nc4c5c(cc(OC[C@@H]6CC[C@@H](C)NC6)nc5c3F)N3CCCCCC3CO4)c12. The molecule has 0 saturated carbocycles. The highest BCUT2D eigenvalue weighted by Gasteiger charge is 2.32. The van der Waals surface area contributed by atoms with Gasteiger partial charge in [0.25, 0.3) is 0 Å². The number of rotatable bonds is 5. The number of ether oxygens (including phenoxy) is 2. The fraction of sp³-hybridized carbons (Fsp3) is 0.471. The highest BCUT2D eigenvalue weighted by atomic mass is 19.1. The fourth-order valence-corrected chi connectivity index (χ4v) is 7.06. The molecule has 3 atom stereocenters. The van der Waals surface area contributed by atoms with Gasteiger partial charge in [-0.25, -0.2) is 18.7 Å². The quantitative estimate of drug-likeness (QED) is 0.262. The molecule has 9 heteroatoms. The van der Waals surface area contributed by atoms with Crippen LogP contribution in [0.3, 0.4) is 0 Å². The van der Waals surface area contributed by atoms with Crippen molar-refractivity contribution in [3.63, 3.8) is 0 Å². The zero-order valence-electron chi connectivity index (χ0n) is 24.8. The van der Waals surface area contributed by atoms with Gasteiger partial charge in [-0.1, -0.05) is 25.8 Å². The van der Waals surface area contributed by atoms with Crippen LogP contribution in [0.2, 0.25) is 0 Å². The van der Waals surface area contributed by atoms with E-state index in [1.54, 1.807) is 12.1 Å². The third-order valence-electron chi connectivity index (χ3n) is 9.41. The van der Waals surface area contributed by atoms with Crippen molar-refractivity contribution in [3.8, 4) is 28.8 Å². The summed E-state index contributed by atoms with van der Waals surface area (Å²) in [7, 11) is 0. The number of aromatic nitrogens is 2. The van der Waals surface area contributed by atoms with Crippen LogP contribution in [0, 0.1) is 17.6 Å². The summed E-state index contributed by atoms with van der Waals surface area (Å²) in [4.78, 5) is 11.8. The predicted octanol–water partition coefficient (Wildman–Crippen LogP) is 6.90. The molecular formula is C34H38F2N4O3. The van der Waals surface area contributed by atoms with Crippen LogP contribution in [0.4, 0.5) is 14.5 Å². The Bertz CT molecular complexity index is 1690. The number of hydrogen-bond acceptors (Lipinski definition) is 7. The molecule has 2 aromatic heterocycles. The molecule has 4 aromatic rings. The van der Waals surface area contributed by atoms with E-state index in [0.717, 1.165) is 57.3 Å². The molecule has 3 aliphatic heterocycles. The Morgan fingerprint density at radius 3 is 2.77 bits per heavy atom. The van der Waals surface area contributed by atoms with E-state index >= 15 is 8.78 Å². The standard InChI is InChI=1S/C34H38F2N4O3/c1-3-24-26(35)11-10-21-13-23(41)14-25(29(21)24)32-31(36)33-30-27(15-28(38-33)42-17-20-9-8-19(2)37-16-20)40-12-6-4-5-7-22(40)18-43-34(30)39-32/h10-11,13-15,19-20,22,37,41H,3-9,12,16-18H2,1-2H3/t19-,20-,22?/m1/s1. The molecule has 7 rings (SSSR count). The third-order valence-corrected chi connectivity index (χ3v) is 9.41. The summed E-state index contributed by atoms with van der Waals surface area (Å²) in [5.41, 5.74) is 1.66. The van der Waals surface area contributed by atoms with Crippen molar-refractivity contribution in [1.82, 2.24) is 15.3 Å². The summed E-state index contributed by atoms with van der Waals surface area (Å²) in [6.45, 7) is 6.65. The molecule has 2 fully saturated rings. The van der Waals surface area contributed by atoms with Crippen LogP contribution in [0.1, 0.15) is 57.9 Å². The first kappa shape index (κ1) is 28.1. The molecule has 2 aromatic carbocycles. The number of fused-ring (bicyclic) bond motifs is 3. The summed E-state index contributed by atoms with van der Waals surface area (Å²) >= 11 is 0. The number of aryl methyl sites for hydroxylation is 1. The van der Waals surface area contributed by atoms with Crippen molar-refractivity contribution in [2.45, 2.75) is 70.9 Å². The molecule has 0 aliphatic carbocycles. The van der Waals surface area contributed by atoms with E-state index in [-0.39, 0.29) is 28.8 Å². The van der Waals surface area contributed by atoms with E-state index in [2.05, 4.69) is 17.1 Å². The number of halogens is 2. The number of aromatic hydroxyl groups is 1. The molecule has 3 aliphatic rings. The maximum atomic E-state index is 16.9. The maximum Gasteiger partial charge on any atom is 0.225 e. The predicted molar refractivity (Wildman–Crippen MR) is 164 cm³/mol. The van der Waals surface area contributed by atoms with Crippen molar-refractivity contribution in [3.05, 3.63) is 47.5 Å². The molecule has 1 unspecified atom stereocenters. The van der Waals surface area contributed by atoms with Crippen LogP contribution in [-0.4, -0.2) is 53.5 Å². The Kier molecular flexibility index (Phi) is 7.45. The Labute approximate surface area is 250 Å². The van der Waals surface area contributed by atoms with Crippen LogP contribution < -0.4 is 19.7 Å². The van der Waals surface area contributed by atoms with Gasteiger partial charge in [-0.2, -0.15) is 0 Å². The van der Waals surface area contributed by atoms with Gasteiger partial charge in [-0.15, -0.1) is 0 Å². The van der Waals surface area contributed by atoms with Crippen molar-refractivity contribution in [2.24, 2.45) is 5.92 Å². The van der Waals surface area contributed by atoms with Crippen molar-refractivity contribution in [1.29, 1.82) is 0 Å². The Morgan fingerprint density at radius 1 is 1.07 bits per heavy atom. The van der Waals surface area contributed by atoms with Gasteiger partial charge < -0.3 is 24.8 Å². The van der Waals surface area contributed by atoms with Crippen molar-refractivity contribution in [2.75, 3.05) is 31.2 Å². The number of benzene rings is 2. The molecule has 43 heavy (non-hydrogen) atoms. The summed E-state index contributed by atoms with van der Waals surface area (Å²) in [6.07, 6.45) is 6.77. The largest absolute Gasteiger partial charge is 0.508 e. The number of nitrogens with zero attached hydrogens (tertiary/aromatic N) is 3. The number of nitrogens with one attached hydrogen (secondary N) is 1. The zero-order valence-corrected chi connectivity index (χ0v) is 24.8. The van der Waals surface area contributed by atoms with Crippen LogP contribution in [0.15, 0.2) is 30.3 Å². The van der Waals surface area contributed by atoms with E-state index in [0.29, 0.717) is 70.6 Å². The van der Waals surface area contributed by atoms with Crippen LogP contribution in [0.5, 0.6) is 17.5 Å². The van der Waals surface area contributed by atoms with E-state index in [1.165, 1.54) is 12.1 Å². The second-order valence-corrected chi connectivity index (χ2v) is 12.3. The third kappa shape index (κ3) is 5.11. The first-order valence-corrected chi connectivity index (χ1v) is 15.7. The Hall–Kier alpha value is -3.72. The lowest BCUT2D eigenvalue weighted by Gasteiger charge is -2.30. The zero-order chi connectivity index (χ0) is 29.7. The first-order valence-electron chi connectivity index (χ1n) is 15.7. The van der Waals surface area contributed by atoms with Gasteiger partial charge >= 0.3 is 0 Å². The first-order chi connectivity index (χ1) is 20.9. The molecule has 0 bridgehead atoms. The lowest BCUT2D eigenvalue weighted by Crippen LogP contribution is -2.39. The highest BCUT2D eigenvalue weighted by molar-refractivity contribution is 6.04. The maximum absolute atomic E-state index is 16.9. The Balaban J connectivity index is 1.42. The lowest BCUT2D eigenvalue weighted by atomic mass is 9.94. The summed E-state index contributed by atoms with van der Waals surface area (Å²) < 4.78 is 44.5. The van der Waals surface area contributed by atoms with E-state index in [4.69, 9.17) is 19.4 Å². The second kappa shape index (κ2) is 11.4. The average Bonchev–Trinajstić information content (AvgIpc) is 3.33. The molecule has 7 nitrogen and oxygen atoms in total. The van der Waals surface area contributed by atoms with E-state index in [1.807, 2.05) is 13.0 Å². The minimum atomic E-state index is -0.645. The molecule has 0 spiro atoms. The number of piperidine rings is 1. The highest BCUT2D eigenvalue weighted by Crippen LogP contribution is 2.45. The molecule has 2 saturated heterocycles. The van der Waals surface area contributed by atoms with Gasteiger partial charge in [0.05, 0.1) is 23.7 Å². The molecular weight excluding hydrogens is 550 g/mol. The molecule has 0 radical (unpaired) electrons. The number of hydrogen-bond donors (Lipinski definition) is 2. The van der Waals surface area contributed by atoms with Crippen LogP contribution in [0.25, 0.3) is 32.9 Å². The number of pyridine rings is 2. The van der Waals surface area contributed by atoms with Crippen molar-refractivity contribution < 1.29 is 23.4 Å². The number of anilines is 1. The van der Waals surface area contributed by atoms with Gasteiger partial charge in [-0.3, -0.25) is 0 Å². The lowest BCUT2D eigenvalue weighted by molar-refractivity contribution is 0.199. The molecule has 226 valence electrons. The molecule has 2 N–H and O–H groups in total. The number of phenols is 1. The normalized spacial score (nSPS) is 22.1. The topological polar surface area (TPSA) is 79.7 Å².